The molecule has 2 saturated heterocycles. The summed E-state index contributed by atoms with van der Waals surface area (Å²) in [6.07, 6.45) is 8.22. The number of carbonyl (C=O) groups is 1. The maximum absolute atomic E-state index is 13.1. The van der Waals surface area contributed by atoms with Crippen LogP contribution < -0.4 is 20.9 Å². The van der Waals surface area contributed by atoms with Gasteiger partial charge in [0.25, 0.3) is 0 Å². The van der Waals surface area contributed by atoms with Crippen molar-refractivity contribution in [1.82, 2.24) is 35.4 Å². The van der Waals surface area contributed by atoms with Crippen molar-refractivity contribution >= 4 is 29.0 Å². The Morgan fingerprint density at radius 3 is 2.97 bits per heavy atom. The molecule has 3 aliphatic rings. The Kier molecular flexibility index (Phi) is 4.94. The number of anilines is 3. The lowest BCUT2D eigenvalue weighted by molar-refractivity contribution is -0.123. The van der Waals surface area contributed by atoms with Crippen LogP contribution in [-0.2, 0) is 4.79 Å². The average Bonchev–Trinajstić information content (AvgIpc) is 3.20. The molecule has 0 radical (unpaired) electrons. The van der Waals surface area contributed by atoms with E-state index in [1.807, 2.05) is 27.7 Å². The SMILES string of the molecule is O=C(N[C@@H]1CCCNC1)C1CCCN1c1nc(Nc2cc(C3CC3)[nH]n2)c2cccn2n1. The molecule has 0 aromatic carbocycles. The summed E-state index contributed by atoms with van der Waals surface area (Å²) in [4.78, 5) is 20.0. The van der Waals surface area contributed by atoms with Gasteiger partial charge in [0.15, 0.2) is 11.6 Å². The topological polar surface area (TPSA) is 115 Å². The highest BCUT2D eigenvalue weighted by Gasteiger charge is 2.34. The molecule has 1 amide bonds. The lowest BCUT2D eigenvalue weighted by Gasteiger charge is -2.28. The van der Waals surface area contributed by atoms with Crippen molar-refractivity contribution in [2.45, 2.75) is 56.5 Å². The number of H-pyrrole nitrogens is 1. The van der Waals surface area contributed by atoms with Gasteiger partial charge in [-0.05, 0) is 57.2 Å². The van der Waals surface area contributed by atoms with Gasteiger partial charge in [-0.2, -0.15) is 10.1 Å². The van der Waals surface area contributed by atoms with E-state index in [0.29, 0.717) is 17.7 Å². The predicted molar refractivity (Wildman–Crippen MR) is 121 cm³/mol. The molecular formula is C22H29N9O. The molecule has 5 heterocycles. The minimum atomic E-state index is -0.246. The van der Waals surface area contributed by atoms with E-state index in [0.717, 1.165) is 56.7 Å². The summed E-state index contributed by atoms with van der Waals surface area (Å²) in [6, 6.07) is 5.94. The summed E-state index contributed by atoms with van der Waals surface area (Å²) < 4.78 is 1.82. The van der Waals surface area contributed by atoms with Crippen LogP contribution in [-0.4, -0.2) is 62.4 Å². The Morgan fingerprint density at radius 1 is 1.19 bits per heavy atom. The third-order valence-electron chi connectivity index (χ3n) is 6.70. The largest absolute Gasteiger partial charge is 0.350 e. The van der Waals surface area contributed by atoms with Crippen molar-refractivity contribution in [1.29, 1.82) is 0 Å². The minimum Gasteiger partial charge on any atom is -0.350 e. The lowest BCUT2D eigenvalue weighted by Crippen LogP contribution is -2.51. The van der Waals surface area contributed by atoms with Gasteiger partial charge in [0.2, 0.25) is 11.9 Å². The smallest absolute Gasteiger partial charge is 0.246 e. The normalized spacial score (nSPS) is 23.6. The monoisotopic (exact) mass is 435 g/mol. The highest BCUT2D eigenvalue weighted by molar-refractivity contribution is 5.86. The molecule has 1 unspecified atom stereocenters. The molecule has 0 spiro atoms. The number of rotatable bonds is 6. The first kappa shape index (κ1) is 19.5. The molecule has 4 N–H and O–H groups in total. The van der Waals surface area contributed by atoms with E-state index in [4.69, 9.17) is 10.1 Å². The van der Waals surface area contributed by atoms with Crippen LogP contribution in [0.4, 0.5) is 17.6 Å². The molecule has 10 nitrogen and oxygen atoms in total. The standard InChI is InChI=1S/C22H29N9O/c32-21(24-15-4-1-9-23-13-15)18-6-2-10-30(18)22-26-20(17-5-3-11-31(17)29-22)25-19-12-16(27-28-19)14-7-8-14/h3,5,11-12,14-15,18,23H,1-2,4,6-10,13H2,(H,24,32)(H2,25,26,27,28,29)/t15-,18?/m1/s1. The van der Waals surface area contributed by atoms with Crippen molar-refractivity contribution in [3.8, 4) is 0 Å². The highest BCUT2D eigenvalue weighted by Crippen LogP contribution is 2.39. The Balaban J connectivity index is 1.25. The quantitative estimate of drug-likeness (QED) is 0.467. The number of carbonyl (C=O) groups excluding carboxylic acids is 1. The number of aromatic nitrogens is 5. The Bertz CT molecular complexity index is 1110. The fourth-order valence-electron chi connectivity index (χ4n) is 4.81. The number of hydrogen-bond donors (Lipinski definition) is 4. The summed E-state index contributed by atoms with van der Waals surface area (Å²) in [5.41, 5.74) is 2.04. The molecule has 168 valence electrons. The molecule has 6 rings (SSSR count). The highest BCUT2D eigenvalue weighted by atomic mass is 16.2. The molecule has 0 bridgehead atoms. The molecule has 32 heavy (non-hydrogen) atoms. The van der Waals surface area contributed by atoms with Crippen LogP contribution in [0.15, 0.2) is 24.4 Å². The zero-order chi connectivity index (χ0) is 21.5. The Labute approximate surface area is 186 Å². The first-order valence-corrected chi connectivity index (χ1v) is 11.7. The van der Waals surface area contributed by atoms with Crippen LogP contribution in [0.2, 0.25) is 0 Å². The van der Waals surface area contributed by atoms with Crippen molar-refractivity contribution in [2.75, 3.05) is 29.9 Å². The first-order chi connectivity index (χ1) is 15.7. The molecule has 3 aromatic heterocycles. The van der Waals surface area contributed by atoms with Crippen molar-refractivity contribution < 1.29 is 4.79 Å². The number of fused-ring (bicyclic) bond motifs is 1. The minimum absolute atomic E-state index is 0.0725. The fraction of sp³-hybridized carbons (Fsp3) is 0.545. The second-order valence-corrected chi connectivity index (χ2v) is 9.11. The van der Waals surface area contributed by atoms with Crippen molar-refractivity contribution in [3.05, 3.63) is 30.1 Å². The van der Waals surface area contributed by atoms with Crippen LogP contribution in [0.25, 0.3) is 5.52 Å². The zero-order valence-electron chi connectivity index (χ0n) is 18.0. The molecule has 1 saturated carbocycles. The first-order valence-electron chi connectivity index (χ1n) is 11.7. The zero-order valence-corrected chi connectivity index (χ0v) is 18.0. The maximum atomic E-state index is 13.1. The van der Waals surface area contributed by atoms with Gasteiger partial charge in [0.05, 0.1) is 0 Å². The van der Waals surface area contributed by atoms with Gasteiger partial charge in [-0.3, -0.25) is 9.89 Å². The lowest BCUT2D eigenvalue weighted by atomic mass is 10.1. The summed E-state index contributed by atoms with van der Waals surface area (Å²) in [7, 11) is 0. The van der Waals surface area contributed by atoms with Crippen LogP contribution in [0, 0.1) is 0 Å². The number of piperidine rings is 1. The van der Waals surface area contributed by atoms with E-state index in [-0.39, 0.29) is 18.0 Å². The molecule has 2 atom stereocenters. The third kappa shape index (κ3) is 3.79. The number of hydrogen-bond acceptors (Lipinski definition) is 7. The van der Waals surface area contributed by atoms with Crippen LogP contribution in [0.1, 0.15) is 50.1 Å². The molecular weight excluding hydrogens is 406 g/mol. The maximum Gasteiger partial charge on any atom is 0.246 e. The van der Waals surface area contributed by atoms with Crippen LogP contribution >= 0.6 is 0 Å². The summed E-state index contributed by atoms with van der Waals surface area (Å²) in [6.45, 7) is 2.63. The fourth-order valence-corrected chi connectivity index (χ4v) is 4.81. The summed E-state index contributed by atoms with van der Waals surface area (Å²) in [5, 5.41) is 22.2. The second kappa shape index (κ2) is 8.09. The van der Waals surface area contributed by atoms with E-state index in [2.05, 4.69) is 32.2 Å². The van der Waals surface area contributed by atoms with Gasteiger partial charge in [-0.1, -0.05) is 0 Å². The van der Waals surface area contributed by atoms with Crippen molar-refractivity contribution in [2.24, 2.45) is 0 Å². The van der Waals surface area contributed by atoms with Gasteiger partial charge in [-0.15, -0.1) is 5.10 Å². The summed E-state index contributed by atoms with van der Waals surface area (Å²) >= 11 is 0. The molecule has 3 fully saturated rings. The molecule has 2 aliphatic heterocycles. The Morgan fingerprint density at radius 2 is 2.12 bits per heavy atom. The number of nitrogens with one attached hydrogen (secondary N) is 4. The van der Waals surface area contributed by atoms with Gasteiger partial charge >= 0.3 is 0 Å². The van der Waals surface area contributed by atoms with Gasteiger partial charge < -0.3 is 20.9 Å². The van der Waals surface area contributed by atoms with E-state index >= 15 is 0 Å². The molecule has 1 aliphatic carbocycles. The molecule has 3 aromatic rings. The number of aromatic amines is 1. The molecule has 10 heteroatoms. The van der Waals surface area contributed by atoms with Crippen LogP contribution in [0.3, 0.4) is 0 Å². The van der Waals surface area contributed by atoms with E-state index in [9.17, 15) is 4.79 Å². The van der Waals surface area contributed by atoms with E-state index < -0.39 is 0 Å². The van der Waals surface area contributed by atoms with Crippen LogP contribution in [0.5, 0.6) is 0 Å². The van der Waals surface area contributed by atoms with E-state index in [1.54, 1.807) is 0 Å². The number of nitrogens with zero attached hydrogens (tertiary/aromatic N) is 5. The average molecular weight is 436 g/mol. The summed E-state index contributed by atoms with van der Waals surface area (Å²) in [5.74, 6) is 2.68. The third-order valence-corrected chi connectivity index (χ3v) is 6.70. The van der Waals surface area contributed by atoms with Gasteiger partial charge in [-0.25, -0.2) is 4.52 Å². The number of amides is 1. The van der Waals surface area contributed by atoms with Gasteiger partial charge in [0, 0.05) is 43.0 Å². The second-order valence-electron chi connectivity index (χ2n) is 9.11. The predicted octanol–water partition coefficient (Wildman–Crippen LogP) is 1.91. The van der Waals surface area contributed by atoms with Gasteiger partial charge in [0.1, 0.15) is 11.6 Å². The van der Waals surface area contributed by atoms with E-state index in [1.165, 1.54) is 18.5 Å². The Hall–Kier alpha value is -3.14. The van der Waals surface area contributed by atoms with Crippen molar-refractivity contribution in [3.63, 3.8) is 0 Å².